The molecule has 0 radical (unpaired) electrons. The summed E-state index contributed by atoms with van der Waals surface area (Å²) in [6, 6.07) is 1.34. The highest BCUT2D eigenvalue weighted by atomic mass is 35.5. The van der Waals surface area contributed by atoms with E-state index >= 15 is 0 Å². The van der Waals surface area contributed by atoms with Gasteiger partial charge in [0.05, 0.1) is 15.6 Å². The Hall–Kier alpha value is -1.88. The van der Waals surface area contributed by atoms with E-state index in [1.807, 2.05) is 19.2 Å². The van der Waals surface area contributed by atoms with Gasteiger partial charge in [-0.05, 0) is 31.9 Å². The quantitative estimate of drug-likeness (QED) is 0.502. The van der Waals surface area contributed by atoms with Gasteiger partial charge in [0.2, 0.25) is 10.0 Å². The molecule has 162 valence electrons. The standard InChI is InChI=1S/C17H23Cl2N3O6S/c1-5-20-17(25)22-15(23)10(4)28-16(24)11-6-14(13(19)7-12(11)18)29(26,27)21-8-9(2)3/h6-7,9-10,21H,5,8H2,1-4H3,(H2,20,22,23,25)/t10-/m0/s1. The number of carbonyl (C=O) groups is 3. The second kappa shape index (κ2) is 10.8. The van der Waals surface area contributed by atoms with Crippen LogP contribution in [0.5, 0.6) is 0 Å². The minimum absolute atomic E-state index is 0.0459. The first kappa shape index (κ1) is 25.2. The highest BCUT2D eigenvalue weighted by Gasteiger charge is 2.26. The minimum Gasteiger partial charge on any atom is -0.449 e. The van der Waals surface area contributed by atoms with Crippen LogP contribution in [0, 0.1) is 5.92 Å². The molecular weight excluding hydrogens is 445 g/mol. The van der Waals surface area contributed by atoms with E-state index in [4.69, 9.17) is 27.9 Å². The maximum Gasteiger partial charge on any atom is 0.340 e. The Morgan fingerprint density at radius 3 is 2.28 bits per heavy atom. The summed E-state index contributed by atoms with van der Waals surface area (Å²) in [6.45, 7) is 7.02. The minimum atomic E-state index is -4.01. The lowest BCUT2D eigenvalue weighted by molar-refractivity contribution is -0.127. The second-order valence-electron chi connectivity index (χ2n) is 6.40. The number of urea groups is 1. The van der Waals surface area contributed by atoms with Gasteiger partial charge in [-0.1, -0.05) is 37.0 Å². The molecule has 9 nitrogen and oxygen atoms in total. The summed E-state index contributed by atoms with van der Waals surface area (Å²) in [7, 11) is -4.01. The van der Waals surface area contributed by atoms with Crippen LogP contribution >= 0.6 is 23.2 Å². The number of nitrogens with one attached hydrogen (secondary N) is 3. The molecule has 0 bridgehead atoms. The molecule has 0 fully saturated rings. The Balaban J connectivity index is 3.04. The van der Waals surface area contributed by atoms with Gasteiger partial charge in [-0.2, -0.15) is 0 Å². The number of amides is 3. The fourth-order valence-corrected chi connectivity index (χ4v) is 4.00. The Morgan fingerprint density at radius 2 is 1.72 bits per heavy atom. The molecule has 0 aliphatic heterocycles. The van der Waals surface area contributed by atoms with E-state index in [9.17, 15) is 22.8 Å². The molecule has 1 aromatic rings. The molecule has 0 spiro atoms. The van der Waals surface area contributed by atoms with Crippen molar-refractivity contribution in [3.8, 4) is 0 Å². The Morgan fingerprint density at radius 1 is 1.10 bits per heavy atom. The Kier molecular flexibility index (Phi) is 9.34. The molecule has 1 aromatic carbocycles. The van der Waals surface area contributed by atoms with Crippen LogP contribution in [0.4, 0.5) is 4.79 Å². The summed E-state index contributed by atoms with van der Waals surface area (Å²) in [5, 5.41) is 4.02. The molecule has 3 N–H and O–H groups in total. The number of carbonyl (C=O) groups excluding carboxylic acids is 3. The lowest BCUT2D eigenvalue weighted by Gasteiger charge is -2.15. The van der Waals surface area contributed by atoms with Crippen LogP contribution in [0.2, 0.25) is 10.0 Å². The number of imide groups is 1. The number of benzene rings is 1. The molecular formula is C17H23Cl2N3O6S. The first-order chi connectivity index (χ1) is 13.4. The number of esters is 1. The van der Waals surface area contributed by atoms with E-state index < -0.39 is 34.0 Å². The molecule has 0 unspecified atom stereocenters. The van der Waals surface area contributed by atoms with E-state index in [1.165, 1.54) is 6.92 Å². The van der Waals surface area contributed by atoms with Crippen LogP contribution in [0.15, 0.2) is 17.0 Å². The van der Waals surface area contributed by atoms with E-state index in [1.54, 1.807) is 6.92 Å². The van der Waals surface area contributed by atoms with Crippen molar-refractivity contribution in [2.24, 2.45) is 5.92 Å². The molecule has 0 heterocycles. The maximum absolute atomic E-state index is 12.5. The van der Waals surface area contributed by atoms with Crippen molar-refractivity contribution >= 4 is 51.1 Å². The molecule has 0 saturated carbocycles. The molecule has 12 heteroatoms. The van der Waals surface area contributed by atoms with Crippen molar-refractivity contribution in [1.82, 2.24) is 15.4 Å². The predicted molar refractivity (Wildman–Crippen MR) is 109 cm³/mol. The van der Waals surface area contributed by atoms with E-state index in [-0.39, 0.29) is 33.0 Å². The Labute approximate surface area is 179 Å². The maximum atomic E-state index is 12.5. The van der Waals surface area contributed by atoms with Crippen LogP contribution in [0.1, 0.15) is 38.1 Å². The van der Waals surface area contributed by atoms with Crippen molar-refractivity contribution < 1.29 is 27.5 Å². The van der Waals surface area contributed by atoms with Gasteiger partial charge in [0.25, 0.3) is 5.91 Å². The fraction of sp³-hybridized carbons (Fsp3) is 0.471. The van der Waals surface area contributed by atoms with Crippen molar-refractivity contribution in [3.63, 3.8) is 0 Å². The van der Waals surface area contributed by atoms with Crippen LogP contribution in [-0.4, -0.2) is 45.5 Å². The highest BCUT2D eigenvalue weighted by molar-refractivity contribution is 7.89. The summed E-state index contributed by atoms with van der Waals surface area (Å²) in [4.78, 5) is 35.3. The van der Waals surface area contributed by atoms with Crippen molar-refractivity contribution in [2.45, 2.75) is 38.7 Å². The summed E-state index contributed by atoms with van der Waals surface area (Å²) in [5.41, 5.74) is -0.293. The van der Waals surface area contributed by atoms with Crippen LogP contribution in [0.25, 0.3) is 0 Å². The zero-order valence-corrected chi connectivity index (χ0v) is 18.7. The zero-order valence-electron chi connectivity index (χ0n) is 16.3. The number of hydrogen-bond acceptors (Lipinski definition) is 6. The van der Waals surface area contributed by atoms with Gasteiger partial charge in [-0.3, -0.25) is 10.1 Å². The first-order valence-electron chi connectivity index (χ1n) is 8.67. The smallest absolute Gasteiger partial charge is 0.340 e. The number of sulfonamides is 1. The van der Waals surface area contributed by atoms with Crippen LogP contribution in [-0.2, 0) is 19.6 Å². The van der Waals surface area contributed by atoms with Crippen molar-refractivity contribution in [3.05, 3.63) is 27.7 Å². The lowest BCUT2D eigenvalue weighted by Crippen LogP contribution is -2.44. The summed E-state index contributed by atoms with van der Waals surface area (Å²) >= 11 is 12.0. The molecule has 1 atom stereocenters. The SMILES string of the molecule is CCNC(=O)NC(=O)[C@H](C)OC(=O)c1cc(S(=O)(=O)NCC(C)C)c(Cl)cc1Cl. The van der Waals surface area contributed by atoms with E-state index in [2.05, 4.69) is 10.0 Å². The molecule has 0 aromatic heterocycles. The van der Waals surface area contributed by atoms with Crippen molar-refractivity contribution in [1.29, 1.82) is 0 Å². The van der Waals surface area contributed by atoms with Gasteiger partial charge in [0, 0.05) is 13.1 Å². The van der Waals surface area contributed by atoms with Gasteiger partial charge in [0.15, 0.2) is 6.10 Å². The summed E-state index contributed by atoms with van der Waals surface area (Å²) in [6.07, 6.45) is -1.34. The number of rotatable bonds is 8. The molecule has 0 aliphatic carbocycles. The highest BCUT2D eigenvalue weighted by Crippen LogP contribution is 2.29. The molecule has 0 aliphatic rings. The van der Waals surface area contributed by atoms with Gasteiger partial charge < -0.3 is 10.1 Å². The lowest BCUT2D eigenvalue weighted by atomic mass is 10.2. The average molecular weight is 468 g/mol. The van der Waals surface area contributed by atoms with E-state index in [0.717, 1.165) is 12.1 Å². The van der Waals surface area contributed by atoms with Gasteiger partial charge in [0.1, 0.15) is 4.90 Å². The zero-order chi connectivity index (χ0) is 22.4. The summed E-state index contributed by atoms with van der Waals surface area (Å²) < 4.78 is 32.3. The molecule has 29 heavy (non-hydrogen) atoms. The first-order valence-corrected chi connectivity index (χ1v) is 10.9. The second-order valence-corrected chi connectivity index (χ2v) is 8.95. The van der Waals surface area contributed by atoms with Gasteiger partial charge in [-0.15, -0.1) is 0 Å². The normalized spacial score (nSPS) is 12.4. The molecule has 3 amide bonds. The van der Waals surface area contributed by atoms with Crippen molar-refractivity contribution in [2.75, 3.05) is 13.1 Å². The summed E-state index contributed by atoms with van der Waals surface area (Å²) in [5.74, 6) is -1.86. The molecule has 0 saturated heterocycles. The van der Waals surface area contributed by atoms with Crippen LogP contribution in [0.3, 0.4) is 0 Å². The Bertz CT molecular complexity index is 889. The average Bonchev–Trinajstić information content (AvgIpc) is 2.59. The monoisotopic (exact) mass is 467 g/mol. The predicted octanol–water partition coefficient (Wildman–Crippen LogP) is 2.32. The largest absolute Gasteiger partial charge is 0.449 e. The fourth-order valence-electron chi connectivity index (χ4n) is 1.94. The topological polar surface area (TPSA) is 131 Å². The van der Waals surface area contributed by atoms with Crippen LogP contribution < -0.4 is 15.4 Å². The third kappa shape index (κ3) is 7.46. The third-order valence-corrected chi connectivity index (χ3v) is 5.64. The number of hydrogen-bond donors (Lipinski definition) is 3. The number of ether oxygens (including phenoxy) is 1. The van der Waals surface area contributed by atoms with Gasteiger partial charge >= 0.3 is 12.0 Å². The third-order valence-electron chi connectivity index (χ3n) is 3.44. The van der Waals surface area contributed by atoms with Gasteiger partial charge in [-0.25, -0.2) is 22.7 Å². The number of halogens is 2. The van der Waals surface area contributed by atoms with E-state index in [0.29, 0.717) is 6.54 Å². The molecule has 1 rings (SSSR count).